The first-order chi connectivity index (χ1) is 10.6. The summed E-state index contributed by atoms with van der Waals surface area (Å²) in [6.45, 7) is 1.40. The molecule has 1 heterocycles. The van der Waals surface area contributed by atoms with Crippen LogP contribution in [0.1, 0.15) is 11.1 Å². The van der Waals surface area contributed by atoms with Crippen molar-refractivity contribution in [3.63, 3.8) is 0 Å². The third-order valence-electron chi connectivity index (χ3n) is 3.34. The monoisotopic (exact) mass is 322 g/mol. The quantitative estimate of drug-likeness (QED) is 0.764. The molecule has 1 aromatic rings. The number of amides is 2. The predicted molar refractivity (Wildman–Crippen MR) is 83.5 cm³/mol. The van der Waals surface area contributed by atoms with Crippen LogP contribution in [-0.4, -0.2) is 52.4 Å². The van der Waals surface area contributed by atoms with Gasteiger partial charge in [0.15, 0.2) is 0 Å². The number of benzene rings is 1. The highest BCUT2D eigenvalue weighted by atomic mass is 32.2. The molecule has 2 amide bonds. The second kappa shape index (κ2) is 7.84. The van der Waals surface area contributed by atoms with E-state index < -0.39 is 5.97 Å². The van der Waals surface area contributed by atoms with Gasteiger partial charge in [-0.3, -0.25) is 14.4 Å². The van der Waals surface area contributed by atoms with Crippen molar-refractivity contribution in [2.75, 3.05) is 24.6 Å². The van der Waals surface area contributed by atoms with E-state index in [1.54, 1.807) is 4.90 Å². The number of fused-ring (bicyclic) bond motifs is 1. The number of rotatable bonds is 7. The van der Waals surface area contributed by atoms with E-state index >= 15 is 0 Å². The zero-order valence-electron chi connectivity index (χ0n) is 12.1. The van der Waals surface area contributed by atoms with Crippen molar-refractivity contribution in [3.8, 4) is 0 Å². The lowest BCUT2D eigenvalue weighted by atomic mass is 9.99. The molecular weight excluding hydrogens is 304 g/mol. The number of carbonyl (C=O) groups is 3. The first-order valence-corrected chi connectivity index (χ1v) is 8.12. The molecule has 2 N–H and O–H groups in total. The maximum Gasteiger partial charge on any atom is 0.313 e. The van der Waals surface area contributed by atoms with E-state index in [4.69, 9.17) is 5.11 Å². The fraction of sp³-hybridized carbons (Fsp3) is 0.400. The van der Waals surface area contributed by atoms with Crippen molar-refractivity contribution in [1.82, 2.24) is 10.2 Å². The molecule has 2 rings (SSSR count). The van der Waals surface area contributed by atoms with Gasteiger partial charge in [-0.1, -0.05) is 24.3 Å². The fourth-order valence-corrected chi connectivity index (χ4v) is 2.83. The molecule has 0 spiro atoms. The van der Waals surface area contributed by atoms with Gasteiger partial charge in [0.05, 0.1) is 17.9 Å². The van der Waals surface area contributed by atoms with Crippen LogP contribution in [0.3, 0.4) is 0 Å². The zero-order chi connectivity index (χ0) is 15.9. The lowest BCUT2D eigenvalue weighted by Gasteiger charge is -2.28. The minimum absolute atomic E-state index is 0.0631. The maximum atomic E-state index is 12.0. The lowest BCUT2D eigenvalue weighted by molar-refractivity contribution is -0.134. The number of thioether (sulfide) groups is 1. The van der Waals surface area contributed by atoms with Gasteiger partial charge in [-0.25, -0.2) is 0 Å². The third kappa shape index (κ3) is 4.77. The summed E-state index contributed by atoms with van der Waals surface area (Å²) < 4.78 is 0. The Hall–Kier alpha value is -2.02. The van der Waals surface area contributed by atoms with Crippen LogP contribution in [0.2, 0.25) is 0 Å². The minimum Gasteiger partial charge on any atom is -0.481 e. The van der Waals surface area contributed by atoms with Crippen LogP contribution >= 0.6 is 11.8 Å². The average molecular weight is 322 g/mol. The van der Waals surface area contributed by atoms with Crippen LogP contribution in [0.5, 0.6) is 0 Å². The van der Waals surface area contributed by atoms with Crippen molar-refractivity contribution in [2.24, 2.45) is 0 Å². The van der Waals surface area contributed by atoms with Crippen molar-refractivity contribution < 1.29 is 19.5 Å². The highest BCUT2D eigenvalue weighted by Gasteiger charge is 2.22. The molecule has 0 saturated carbocycles. The topological polar surface area (TPSA) is 86.7 Å². The van der Waals surface area contributed by atoms with Crippen LogP contribution in [0.4, 0.5) is 0 Å². The summed E-state index contributed by atoms with van der Waals surface area (Å²) in [6.07, 6.45) is 0.401. The van der Waals surface area contributed by atoms with E-state index in [1.165, 1.54) is 0 Å². The molecule has 0 aromatic heterocycles. The summed E-state index contributed by atoms with van der Waals surface area (Å²) in [7, 11) is 0. The second-order valence-corrected chi connectivity index (χ2v) is 5.98. The molecule has 1 aliphatic rings. The Morgan fingerprint density at radius 2 is 1.95 bits per heavy atom. The average Bonchev–Trinajstić information content (AvgIpc) is 2.47. The second-order valence-electron chi connectivity index (χ2n) is 5.00. The number of carboxylic acids is 1. The number of hydrogen-bond acceptors (Lipinski definition) is 4. The molecule has 22 heavy (non-hydrogen) atoms. The molecule has 0 bridgehead atoms. The van der Waals surface area contributed by atoms with Crippen LogP contribution in [-0.2, 0) is 27.3 Å². The number of hydrogen-bond donors (Lipinski definition) is 2. The molecule has 1 aromatic carbocycles. The Morgan fingerprint density at radius 3 is 2.68 bits per heavy atom. The van der Waals surface area contributed by atoms with Crippen LogP contribution < -0.4 is 5.32 Å². The minimum atomic E-state index is -0.935. The molecule has 0 saturated heterocycles. The van der Waals surface area contributed by atoms with Crippen LogP contribution in [0.15, 0.2) is 24.3 Å². The van der Waals surface area contributed by atoms with Crippen LogP contribution in [0, 0.1) is 0 Å². The lowest BCUT2D eigenvalue weighted by Crippen LogP contribution is -2.41. The standard InChI is InChI=1S/C15H18N2O4S/c18-13(9-22-10-15(20)21)16-5-6-17-8-12-4-2-1-3-11(12)7-14(17)19/h1-4H,5-10H2,(H,16,18)(H,20,21). The molecule has 1 aliphatic heterocycles. The Balaban J connectivity index is 1.72. The summed E-state index contributed by atoms with van der Waals surface area (Å²) in [5.74, 6) is -1.06. The summed E-state index contributed by atoms with van der Waals surface area (Å²) in [6, 6.07) is 7.85. The van der Waals surface area contributed by atoms with Crippen molar-refractivity contribution >= 4 is 29.5 Å². The fourth-order valence-electron chi connectivity index (χ4n) is 2.27. The van der Waals surface area contributed by atoms with E-state index in [0.29, 0.717) is 26.1 Å². The summed E-state index contributed by atoms with van der Waals surface area (Å²) in [5, 5.41) is 11.2. The van der Waals surface area contributed by atoms with Gasteiger partial charge >= 0.3 is 5.97 Å². The number of carbonyl (C=O) groups excluding carboxylic acids is 2. The molecule has 118 valence electrons. The number of aliphatic carboxylic acids is 1. The molecule has 6 nitrogen and oxygen atoms in total. The molecule has 0 radical (unpaired) electrons. The Labute approximate surface area is 132 Å². The Kier molecular flexibility index (Phi) is 5.83. The Morgan fingerprint density at radius 1 is 1.23 bits per heavy atom. The van der Waals surface area contributed by atoms with Gasteiger partial charge in [-0.2, -0.15) is 0 Å². The van der Waals surface area contributed by atoms with E-state index in [1.807, 2.05) is 24.3 Å². The molecule has 0 aliphatic carbocycles. The van der Waals surface area contributed by atoms with Gasteiger partial charge in [-0.15, -0.1) is 11.8 Å². The van der Waals surface area contributed by atoms with Gasteiger partial charge < -0.3 is 15.3 Å². The summed E-state index contributed by atoms with van der Waals surface area (Å²) in [5.41, 5.74) is 2.21. The Bertz CT molecular complexity index is 576. The maximum absolute atomic E-state index is 12.0. The zero-order valence-corrected chi connectivity index (χ0v) is 12.9. The smallest absolute Gasteiger partial charge is 0.313 e. The van der Waals surface area contributed by atoms with Gasteiger partial charge in [-0.05, 0) is 11.1 Å². The number of nitrogens with zero attached hydrogens (tertiary/aromatic N) is 1. The number of nitrogens with one attached hydrogen (secondary N) is 1. The van der Waals surface area contributed by atoms with Crippen molar-refractivity contribution in [3.05, 3.63) is 35.4 Å². The highest BCUT2D eigenvalue weighted by molar-refractivity contribution is 8.00. The van der Waals surface area contributed by atoms with E-state index in [9.17, 15) is 14.4 Å². The first-order valence-electron chi connectivity index (χ1n) is 6.97. The molecule has 0 fully saturated rings. The normalized spacial score (nSPS) is 13.6. The SMILES string of the molecule is O=C(O)CSCC(=O)NCCN1Cc2ccccc2CC1=O. The summed E-state index contributed by atoms with van der Waals surface area (Å²) >= 11 is 1.05. The number of carboxylic acid groups (broad SMARTS) is 1. The highest BCUT2D eigenvalue weighted by Crippen LogP contribution is 2.18. The molecule has 0 atom stereocenters. The summed E-state index contributed by atoms with van der Waals surface area (Å²) in [4.78, 5) is 35.6. The van der Waals surface area contributed by atoms with Gasteiger partial charge in [0.2, 0.25) is 11.8 Å². The van der Waals surface area contributed by atoms with E-state index in [0.717, 1.165) is 22.9 Å². The van der Waals surface area contributed by atoms with Gasteiger partial charge in [0.25, 0.3) is 0 Å². The van der Waals surface area contributed by atoms with E-state index in [2.05, 4.69) is 5.32 Å². The third-order valence-corrected chi connectivity index (χ3v) is 4.25. The van der Waals surface area contributed by atoms with Crippen molar-refractivity contribution in [2.45, 2.75) is 13.0 Å². The molecule has 7 heteroatoms. The molecule has 0 unspecified atom stereocenters. The molecular formula is C15H18N2O4S. The predicted octanol–water partition coefficient (Wildman–Crippen LogP) is 0.505. The van der Waals surface area contributed by atoms with Crippen LogP contribution in [0.25, 0.3) is 0 Å². The van der Waals surface area contributed by atoms with Gasteiger partial charge in [0.1, 0.15) is 0 Å². The first kappa shape index (κ1) is 16.4. The van der Waals surface area contributed by atoms with Crippen molar-refractivity contribution in [1.29, 1.82) is 0 Å². The van der Waals surface area contributed by atoms with Gasteiger partial charge in [0, 0.05) is 19.6 Å². The van der Waals surface area contributed by atoms with E-state index in [-0.39, 0.29) is 23.3 Å². The largest absolute Gasteiger partial charge is 0.481 e.